The molecule has 6 heteroatoms. The van der Waals surface area contributed by atoms with E-state index in [0.717, 1.165) is 30.7 Å². The molecule has 0 amide bonds. The van der Waals surface area contributed by atoms with E-state index in [1.54, 1.807) is 18.6 Å². The molecule has 1 aliphatic rings. The van der Waals surface area contributed by atoms with E-state index in [2.05, 4.69) is 32.8 Å². The number of hydrogen-bond donors (Lipinski definition) is 1. The SMILES string of the molecule is CC1CC(N)CN(c2cnc(C#N)c3nccnc23)C1. The third kappa shape index (κ3) is 2.17. The van der Waals surface area contributed by atoms with Gasteiger partial charge in [-0.15, -0.1) is 0 Å². The summed E-state index contributed by atoms with van der Waals surface area (Å²) in [4.78, 5) is 15.0. The summed E-state index contributed by atoms with van der Waals surface area (Å²) in [5.74, 6) is 0.529. The van der Waals surface area contributed by atoms with Crippen molar-refractivity contribution in [1.82, 2.24) is 15.0 Å². The Kier molecular flexibility index (Phi) is 3.20. The molecule has 0 radical (unpaired) electrons. The molecule has 3 heterocycles. The quantitative estimate of drug-likeness (QED) is 0.831. The third-order valence-corrected chi connectivity index (χ3v) is 3.62. The van der Waals surface area contributed by atoms with Crippen LogP contribution in [0.4, 0.5) is 5.69 Å². The predicted molar refractivity (Wildman–Crippen MR) is 76.0 cm³/mol. The van der Waals surface area contributed by atoms with Gasteiger partial charge in [-0.3, -0.25) is 4.98 Å². The van der Waals surface area contributed by atoms with Crippen LogP contribution in [0.3, 0.4) is 0 Å². The molecule has 1 fully saturated rings. The summed E-state index contributed by atoms with van der Waals surface area (Å²) in [7, 11) is 0. The van der Waals surface area contributed by atoms with Gasteiger partial charge in [-0.2, -0.15) is 5.26 Å². The fraction of sp³-hybridized carbons (Fsp3) is 0.429. The molecule has 2 atom stereocenters. The molecule has 6 nitrogen and oxygen atoms in total. The summed E-state index contributed by atoms with van der Waals surface area (Å²) in [6.07, 6.45) is 5.96. The lowest BCUT2D eigenvalue weighted by Crippen LogP contribution is -2.46. The predicted octanol–water partition coefficient (Wildman–Crippen LogP) is 1.07. The fourth-order valence-corrected chi connectivity index (χ4v) is 2.86. The van der Waals surface area contributed by atoms with Gasteiger partial charge in [-0.25, -0.2) is 9.97 Å². The first-order valence-electron chi connectivity index (χ1n) is 6.69. The van der Waals surface area contributed by atoms with Gasteiger partial charge in [0.05, 0.1) is 11.9 Å². The van der Waals surface area contributed by atoms with Crippen LogP contribution in [-0.4, -0.2) is 34.1 Å². The van der Waals surface area contributed by atoms with Gasteiger partial charge >= 0.3 is 0 Å². The number of pyridine rings is 1. The summed E-state index contributed by atoms with van der Waals surface area (Å²) < 4.78 is 0. The zero-order valence-corrected chi connectivity index (χ0v) is 11.3. The number of nitrogens with zero attached hydrogens (tertiary/aromatic N) is 5. The molecule has 0 spiro atoms. The van der Waals surface area contributed by atoms with Crippen LogP contribution >= 0.6 is 0 Å². The Morgan fingerprint density at radius 1 is 1.25 bits per heavy atom. The highest BCUT2D eigenvalue weighted by Crippen LogP contribution is 2.28. The van der Waals surface area contributed by atoms with Crippen molar-refractivity contribution < 1.29 is 0 Å². The van der Waals surface area contributed by atoms with Crippen LogP contribution in [0.15, 0.2) is 18.6 Å². The number of nitrogens with two attached hydrogens (primary N) is 1. The molecule has 0 aliphatic carbocycles. The number of nitriles is 1. The molecule has 1 saturated heterocycles. The molecular formula is C14H16N6. The van der Waals surface area contributed by atoms with E-state index in [0.29, 0.717) is 17.1 Å². The Balaban J connectivity index is 2.11. The Hall–Kier alpha value is -2.26. The topological polar surface area (TPSA) is 91.7 Å². The van der Waals surface area contributed by atoms with Crippen molar-refractivity contribution in [2.75, 3.05) is 18.0 Å². The molecule has 2 aromatic heterocycles. The van der Waals surface area contributed by atoms with Crippen molar-refractivity contribution in [2.24, 2.45) is 11.7 Å². The summed E-state index contributed by atoms with van der Waals surface area (Å²) in [6, 6.07) is 2.21. The van der Waals surface area contributed by atoms with Crippen molar-refractivity contribution in [1.29, 1.82) is 5.26 Å². The minimum absolute atomic E-state index is 0.154. The van der Waals surface area contributed by atoms with Crippen LogP contribution < -0.4 is 10.6 Å². The van der Waals surface area contributed by atoms with Gasteiger partial charge < -0.3 is 10.6 Å². The van der Waals surface area contributed by atoms with Crippen molar-refractivity contribution in [2.45, 2.75) is 19.4 Å². The highest BCUT2D eigenvalue weighted by molar-refractivity contribution is 5.90. The molecule has 3 rings (SSSR count). The minimum atomic E-state index is 0.154. The van der Waals surface area contributed by atoms with Crippen LogP contribution in [0.2, 0.25) is 0 Å². The highest BCUT2D eigenvalue weighted by Gasteiger charge is 2.24. The van der Waals surface area contributed by atoms with E-state index in [1.807, 2.05) is 0 Å². The second-order valence-electron chi connectivity index (χ2n) is 5.36. The summed E-state index contributed by atoms with van der Waals surface area (Å²) in [6.45, 7) is 3.90. The van der Waals surface area contributed by atoms with Crippen LogP contribution in [-0.2, 0) is 0 Å². The summed E-state index contributed by atoms with van der Waals surface area (Å²) in [5.41, 5.74) is 8.60. The summed E-state index contributed by atoms with van der Waals surface area (Å²) >= 11 is 0. The Labute approximate surface area is 117 Å². The van der Waals surface area contributed by atoms with Crippen molar-refractivity contribution >= 4 is 16.7 Å². The number of anilines is 1. The van der Waals surface area contributed by atoms with E-state index in [1.165, 1.54) is 0 Å². The Bertz CT molecular complexity index is 667. The van der Waals surface area contributed by atoms with Crippen LogP contribution in [0, 0.1) is 17.2 Å². The lowest BCUT2D eigenvalue weighted by Gasteiger charge is -2.36. The molecule has 2 unspecified atom stereocenters. The smallest absolute Gasteiger partial charge is 0.168 e. The molecule has 102 valence electrons. The van der Waals surface area contributed by atoms with Crippen LogP contribution in [0.1, 0.15) is 19.0 Å². The highest BCUT2D eigenvalue weighted by atomic mass is 15.2. The molecule has 0 bridgehead atoms. The largest absolute Gasteiger partial charge is 0.367 e. The van der Waals surface area contributed by atoms with Gasteiger partial charge in [0.15, 0.2) is 5.69 Å². The van der Waals surface area contributed by atoms with Crippen molar-refractivity contribution in [3.8, 4) is 6.07 Å². The number of piperidine rings is 1. The fourth-order valence-electron chi connectivity index (χ4n) is 2.86. The van der Waals surface area contributed by atoms with E-state index in [9.17, 15) is 0 Å². The average Bonchev–Trinajstić information content (AvgIpc) is 2.45. The van der Waals surface area contributed by atoms with Crippen molar-refractivity contribution in [3.63, 3.8) is 0 Å². The van der Waals surface area contributed by atoms with Crippen molar-refractivity contribution in [3.05, 3.63) is 24.3 Å². The minimum Gasteiger partial charge on any atom is -0.367 e. The van der Waals surface area contributed by atoms with Gasteiger partial charge in [0.25, 0.3) is 0 Å². The zero-order valence-electron chi connectivity index (χ0n) is 11.3. The monoisotopic (exact) mass is 268 g/mol. The number of fused-ring (bicyclic) bond motifs is 1. The number of aromatic nitrogens is 3. The van der Waals surface area contributed by atoms with Crippen LogP contribution in [0.25, 0.3) is 11.0 Å². The first-order valence-corrected chi connectivity index (χ1v) is 6.69. The molecule has 20 heavy (non-hydrogen) atoms. The number of rotatable bonds is 1. The third-order valence-electron chi connectivity index (χ3n) is 3.62. The maximum Gasteiger partial charge on any atom is 0.168 e. The standard InChI is InChI=1S/C14H16N6/c1-9-4-10(16)8-20(7-9)12-6-19-11(5-15)13-14(12)18-3-2-17-13/h2-3,6,9-10H,4,7-8,16H2,1H3. The number of hydrogen-bond acceptors (Lipinski definition) is 6. The second-order valence-corrected chi connectivity index (χ2v) is 5.36. The molecule has 2 N–H and O–H groups in total. The van der Waals surface area contributed by atoms with Gasteiger partial charge in [-0.05, 0) is 12.3 Å². The molecule has 2 aromatic rings. The van der Waals surface area contributed by atoms with Gasteiger partial charge in [0, 0.05) is 31.5 Å². The molecule has 0 saturated carbocycles. The van der Waals surface area contributed by atoms with E-state index < -0.39 is 0 Å². The normalized spacial score (nSPS) is 22.8. The Morgan fingerprint density at radius 3 is 2.70 bits per heavy atom. The van der Waals surface area contributed by atoms with E-state index >= 15 is 0 Å². The molecule has 0 aromatic carbocycles. The molecule has 1 aliphatic heterocycles. The second kappa shape index (κ2) is 5.02. The van der Waals surface area contributed by atoms with Crippen LogP contribution in [0.5, 0.6) is 0 Å². The van der Waals surface area contributed by atoms with E-state index in [4.69, 9.17) is 11.0 Å². The first kappa shape index (κ1) is 12.8. The van der Waals surface area contributed by atoms with Gasteiger partial charge in [-0.1, -0.05) is 6.92 Å². The van der Waals surface area contributed by atoms with Gasteiger partial charge in [0.2, 0.25) is 0 Å². The maximum atomic E-state index is 9.11. The lowest BCUT2D eigenvalue weighted by atomic mass is 9.96. The zero-order chi connectivity index (χ0) is 14.1. The lowest BCUT2D eigenvalue weighted by molar-refractivity contribution is 0.402. The van der Waals surface area contributed by atoms with Gasteiger partial charge in [0.1, 0.15) is 17.1 Å². The first-order chi connectivity index (χ1) is 9.69. The maximum absolute atomic E-state index is 9.11. The Morgan fingerprint density at radius 2 is 2.00 bits per heavy atom. The average molecular weight is 268 g/mol. The van der Waals surface area contributed by atoms with E-state index in [-0.39, 0.29) is 6.04 Å². The molecular weight excluding hydrogens is 252 g/mol. The summed E-state index contributed by atoms with van der Waals surface area (Å²) in [5, 5.41) is 9.11.